The van der Waals surface area contributed by atoms with Crippen LogP contribution in [0.15, 0.2) is 41.8 Å². The predicted octanol–water partition coefficient (Wildman–Crippen LogP) is 4.61. The molecule has 0 amide bonds. The fourth-order valence-electron chi connectivity index (χ4n) is 2.79. The maximum atomic E-state index is 13.9. The van der Waals surface area contributed by atoms with Gasteiger partial charge in [-0.3, -0.25) is 0 Å². The second-order valence-electron chi connectivity index (χ2n) is 5.86. The molecule has 27 heavy (non-hydrogen) atoms. The van der Waals surface area contributed by atoms with Crippen molar-refractivity contribution in [3.63, 3.8) is 0 Å². The molecule has 0 saturated heterocycles. The molecule has 0 bridgehead atoms. The van der Waals surface area contributed by atoms with Crippen molar-refractivity contribution >= 4 is 17.0 Å². The average molecular weight is 388 g/mol. The van der Waals surface area contributed by atoms with Crippen LogP contribution in [0.4, 0.5) is 10.1 Å². The Morgan fingerprint density at radius 2 is 1.81 bits per heavy atom. The number of ether oxygens (including phenoxy) is 3. The number of para-hydroxylation sites is 1. The van der Waals surface area contributed by atoms with Crippen molar-refractivity contribution in [2.75, 3.05) is 33.3 Å². The summed E-state index contributed by atoms with van der Waals surface area (Å²) in [6.45, 7) is 0.550. The Balaban J connectivity index is 1.81. The van der Waals surface area contributed by atoms with Gasteiger partial charge in [0.1, 0.15) is 5.01 Å². The number of methoxy groups -OCH3 is 3. The van der Waals surface area contributed by atoms with Crippen LogP contribution in [0.2, 0.25) is 0 Å². The highest BCUT2D eigenvalue weighted by molar-refractivity contribution is 7.13. The zero-order valence-corrected chi connectivity index (χ0v) is 16.5. The highest BCUT2D eigenvalue weighted by atomic mass is 32.1. The molecule has 0 aliphatic rings. The van der Waals surface area contributed by atoms with Crippen molar-refractivity contribution in [2.45, 2.75) is 6.54 Å². The number of rotatable bonds is 7. The smallest absolute Gasteiger partial charge is 0.170 e. The van der Waals surface area contributed by atoms with Crippen molar-refractivity contribution < 1.29 is 18.6 Å². The van der Waals surface area contributed by atoms with Gasteiger partial charge in [0, 0.05) is 24.2 Å². The molecule has 2 aromatic carbocycles. The summed E-state index contributed by atoms with van der Waals surface area (Å²) in [7, 11) is 6.57. The van der Waals surface area contributed by atoms with Gasteiger partial charge < -0.3 is 19.1 Å². The fourth-order valence-corrected chi connectivity index (χ4v) is 3.62. The summed E-state index contributed by atoms with van der Waals surface area (Å²) in [5, 5.41) is 2.83. The molecule has 0 aliphatic carbocycles. The van der Waals surface area contributed by atoms with Gasteiger partial charge in [-0.2, -0.15) is 0 Å². The molecule has 1 aromatic heterocycles. The van der Waals surface area contributed by atoms with E-state index in [1.54, 1.807) is 20.3 Å². The van der Waals surface area contributed by atoms with Crippen LogP contribution in [0.25, 0.3) is 10.6 Å². The number of aromatic nitrogens is 1. The summed E-state index contributed by atoms with van der Waals surface area (Å²) in [4.78, 5) is 6.64. The Labute approximate surface area is 161 Å². The Hall–Kier alpha value is -2.80. The maximum absolute atomic E-state index is 13.9. The average Bonchev–Trinajstić information content (AvgIpc) is 3.15. The molecule has 3 aromatic rings. The van der Waals surface area contributed by atoms with E-state index in [4.69, 9.17) is 19.2 Å². The lowest BCUT2D eigenvalue weighted by molar-refractivity contribution is 0.356. The van der Waals surface area contributed by atoms with Crippen molar-refractivity contribution in [2.24, 2.45) is 0 Å². The molecule has 0 fully saturated rings. The molecular weight excluding hydrogens is 367 g/mol. The number of hydrogen-bond acceptors (Lipinski definition) is 6. The molecule has 3 rings (SSSR count). The Morgan fingerprint density at radius 3 is 2.48 bits per heavy atom. The van der Waals surface area contributed by atoms with E-state index in [9.17, 15) is 4.39 Å². The van der Waals surface area contributed by atoms with Gasteiger partial charge in [0.15, 0.2) is 23.1 Å². The SMILES string of the molecule is COc1ccc(N(C)Cc2csc(-c3cccc(OC)c3OC)n2)cc1F. The maximum Gasteiger partial charge on any atom is 0.170 e. The summed E-state index contributed by atoms with van der Waals surface area (Å²) >= 11 is 1.53. The minimum absolute atomic E-state index is 0.230. The zero-order chi connectivity index (χ0) is 19.4. The molecule has 0 radical (unpaired) electrons. The summed E-state index contributed by atoms with van der Waals surface area (Å²) < 4.78 is 29.8. The summed E-state index contributed by atoms with van der Waals surface area (Å²) in [6, 6.07) is 10.6. The lowest BCUT2D eigenvalue weighted by atomic mass is 10.2. The molecule has 0 atom stereocenters. The molecule has 142 valence electrons. The molecule has 0 spiro atoms. The largest absolute Gasteiger partial charge is 0.494 e. The first-order chi connectivity index (χ1) is 13.1. The highest BCUT2D eigenvalue weighted by Gasteiger charge is 2.15. The van der Waals surface area contributed by atoms with Crippen molar-refractivity contribution in [1.29, 1.82) is 0 Å². The number of halogens is 1. The lowest BCUT2D eigenvalue weighted by Gasteiger charge is -2.18. The first-order valence-corrected chi connectivity index (χ1v) is 9.15. The van der Waals surface area contributed by atoms with E-state index in [2.05, 4.69) is 0 Å². The summed E-state index contributed by atoms with van der Waals surface area (Å²) in [6.07, 6.45) is 0. The number of nitrogens with zero attached hydrogens (tertiary/aromatic N) is 2. The fraction of sp³-hybridized carbons (Fsp3) is 0.250. The van der Waals surface area contributed by atoms with Crippen LogP contribution in [-0.2, 0) is 6.54 Å². The third kappa shape index (κ3) is 3.98. The molecule has 7 heteroatoms. The minimum atomic E-state index is -0.387. The number of hydrogen-bond donors (Lipinski definition) is 0. The van der Waals surface area contributed by atoms with Gasteiger partial charge in [-0.25, -0.2) is 9.37 Å². The quantitative estimate of drug-likeness (QED) is 0.591. The van der Waals surface area contributed by atoms with Gasteiger partial charge in [0.2, 0.25) is 0 Å². The van der Waals surface area contributed by atoms with E-state index >= 15 is 0 Å². The predicted molar refractivity (Wildman–Crippen MR) is 106 cm³/mol. The van der Waals surface area contributed by atoms with Gasteiger partial charge >= 0.3 is 0 Å². The van der Waals surface area contributed by atoms with Gasteiger partial charge in [0.05, 0.1) is 39.1 Å². The van der Waals surface area contributed by atoms with Crippen LogP contribution >= 0.6 is 11.3 Å². The Kier molecular flexibility index (Phi) is 5.81. The lowest BCUT2D eigenvalue weighted by Crippen LogP contribution is -2.16. The van der Waals surface area contributed by atoms with E-state index < -0.39 is 0 Å². The molecule has 1 heterocycles. The van der Waals surface area contributed by atoms with Gasteiger partial charge in [-0.05, 0) is 24.3 Å². The standard InChI is InChI=1S/C20H21FN2O3S/c1-23(14-8-9-17(24-2)16(21)10-14)11-13-12-27-20(22-13)15-6-5-7-18(25-3)19(15)26-4/h5-10,12H,11H2,1-4H3. The highest BCUT2D eigenvalue weighted by Crippen LogP contribution is 2.39. The van der Waals surface area contributed by atoms with E-state index in [-0.39, 0.29) is 11.6 Å². The van der Waals surface area contributed by atoms with Crippen molar-refractivity contribution in [3.8, 4) is 27.8 Å². The van der Waals surface area contributed by atoms with Crippen LogP contribution in [0.5, 0.6) is 17.2 Å². The summed E-state index contributed by atoms with van der Waals surface area (Å²) in [5.74, 6) is 1.17. The van der Waals surface area contributed by atoms with E-state index in [0.29, 0.717) is 18.0 Å². The molecule has 0 aliphatic heterocycles. The number of anilines is 1. The molecular formula is C20H21FN2O3S. The van der Waals surface area contributed by atoms with Crippen LogP contribution in [0.1, 0.15) is 5.69 Å². The first kappa shape index (κ1) is 19.0. The van der Waals surface area contributed by atoms with Crippen molar-refractivity contribution in [3.05, 3.63) is 53.3 Å². The monoisotopic (exact) mass is 388 g/mol. The summed E-state index contributed by atoms with van der Waals surface area (Å²) in [5.41, 5.74) is 2.52. The number of thiazole rings is 1. The van der Waals surface area contributed by atoms with E-state index in [1.165, 1.54) is 24.5 Å². The van der Waals surface area contributed by atoms with Gasteiger partial charge in [-0.1, -0.05) is 6.07 Å². The third-order valence-electron chi connectivity index (χ3n) is 4.16. The van der Waals surface area contributed by atoms with Crippen LogP contribution in [0, 0.1) is 5.82 Å². The van der Waals surface area contributed by atoms with Crippen molar-refractivity contribution in [1.82, 2.24) is 4.98 Å². The van der Waals surface area contributed by atoms with Crippen LogP contribution in [-0.4, -0.2) is 33.4 Å². The van der Waals surface area contributed by atoms with E-state index in [0.717, 1.165) is 22.0 Å². The van der Waals surface area contributed by atoms with Gasteiger partial charge in [-0.15, -0.1) is 11.3 Å². The van der Waals surface area contributed by atoms with E-state index in [1.807, 2.05) is 41.6 Å². The molecule has 0 N–H and O–H groups in total. The molecule has 0 unspecified atom stereocenters. The normalized spacial score (nSPS) is 10.6. The van der Waals surface area contributed by atoms with Crippen LogP contribution < -0.4 is 19.1 Å². The number of benzene rings is 2. The third-order valence-corrected chi connectivity index (χ3v) is 5.08. The molecule has 0 saturated carbocycles. The topological polar surface area (TPSA) is 43.8 Å². The van der Waals surface area contributed by atoms with Gasteiger partial charge in [0.25, 0.3) is 0 Å². The zero-order valence-electron chi connectivity index (χ0n) is 15.7. The van der Waals surface area contributed by atoms with Crippen LogP contribution in [0.3, 0.4) is 0 Å². The minimum Gasteiger partial charge on any atom is -0.494 e. The second kappa shape index (κ2) is 8.26. The Bertz CT molecular complexity index is 929. The second-order valence-corrected chi connectivity index (χ2v) is 6.72. The first-order valence-electron chi connectivity index (χ1n) is 8.27. The molecule has 5 nitrogen and oxygen atoms in total. The Morgan fingerprint density at radius 1 is 1.04 bits per heavy atom.